The molecule has 0 radical (unpaired) electrons. The molecule has 320 valence electrons. The summed E-state index contributed by atoms with van der Waals surface area (Å²) < 4.78 is 113. The van der Waals surface area contributed by atoms with E-state index in [-0.39, 0.29) is 56.1 Å². The summed E-state index contributed by atoms with van der Waals surface area (Å²) in [7, 11) is -13.1. The first kappa shape index (κ1) is 45.1. The second-order valence-electron chi connectivity index (χ2n) is 13.9. The topological polar surface area (TPSA) is 263 Å². The van der Waals surface area contributed by atoms with Crippen molar-refractivity contribution in [2.45, 2.75) is 49.8 Å². The number of ether oxygens (including phenoxy) is 1. The zero-order valence-electron chi connectivity index (χ0n) is 32.2. The zero-order valence-corrected chi connectivity index (χ0v) is 34.6. The molecule has 0 bridgehead atoms. The molecule has 1 atom stereocenters. The fraction of sp³-hybridized carbons (Fsp3) is 0.368. The van der Waals surface area contributed by atoms with Crippen molar-refractivity contribution in [2.24, 2.45) is 0 Å². The van der Waals surface area contributed by atoms with E-state index >= 15 is 0 Å². The van der Waals surface area contributed by atoms with Gasteiger partial charge in [-0.25, -0.2) is 9.37 Å². The van der Waals surface area contributed by atoms with Crippen molar-refractivity contribution in [3.63, 3.8) is 0 Å². The summed E-state index contributed by atoms with van der Waals surface area (Å²) in [5.41, 5.74) is 2.05. The van der Waals surface area contributed by atoms with Crippen LogP contribution in [0.1, 0.15) is 50.7 Å². The van der Waals surface area contributed by atoms with Crippen LogP contribution >= 0.6 is 0 Å². The highest BCUT2D eigenvalue weighted by molar-refractivity contribution is 7.86. The minimum Gasteiger partial charge on any atom is -0.492 e. The SMILES string of the molecule is CC[N+](CCCS(=O)(=O)O)=c1ccc2c(C=CC=C3N(CCOCCC(=O)On4c(O)ccc4O)c4ccc(S(=O)(=O)O)cc4C3(C)CCCS(=O)(=O)O)ccoc-2c1. The van der Waals surface area contributed by atoms with Gasteiger partial charge in [0.25, 0.3) is 30.4 Å². The van der Waals surface area contributed by atoms with Crippen LogP contribution in [0.4, 0.5) is 5.69 Å². The number of aromatic hydroxyl groups is 2. The van der Waals surface area contributed by atoms with E-state index in [1.807, 2.05) is 40.7 Å². The number of hydrogen-bond acceptors (Lipinski definition) is 13. The maximum atomic E-state index is 12.3. The molecule has 3 aliphatic rings. The number of rotatable bonds is 19. The van der Waals surface area contributed by atoms with Gasteiger partial charge in [-0.2, -0.15) is 25.3 Å². The van der Waals surface area contributed by atoms with Crippen LogP contribution in [0.3, 0.4) is 0 Å². The van der Waals surface area contributed by atoms with Crippen molar-refractivity contribution >= 4 is 48.1 Å². The van der Waals surface area contributed by atoms with Gasteiger partial charge in [0, 0.05) is 53.5 Å². The normalized spacial score (nSPS) is 17.2. The summed E-state index contributed by atoms with van der Waals surface area (Å²) >= 11 is 0. The van der Waals surface area contributed by atoms with E-state index in [1.165, 1.54) is 24.5 Å². The second kappa shape index (κ2) is 18.5. The smallest absolute Gasteiger partial charge is 0.335 e. The molecule has 2 aliphatic heterocycles. The van der Waals surface area contributed by atoms with Crippen molar-refractivity contribution in [3.05, 3.63) is 95.2 Å². The lowest BCUT2D eigenvalue weighted by molar-refractivity contribution is -0.146. The molecule has 18 nitrogen and oxygen atoms in total. The molecule has 1 aromatic heterocycles. The number of hydrogen-bond donors (Lipinski definition) is 5. The van der Waals surface area contributed by atoms with Gasteiger partial charge in [0.15, 0.2) is 0 Å². The molecular formula is C38H46N3O15S3+. The van der Waals surface area contributed by atoms with Crippen LogP contribution in [0.5, 0.6) is 11.8 Å². The van der Waals surface area contributed by atoms with Crippen LogP contribution in [0, 0.1) is 0 Å². The van der Waals surface area contributed by atoms with E-state index in [4.69, 9.17) is 18.5 Å². The number of benzene rings is 2. The molecule has 5 N–H and O–H groups in total. The van der Waals surface area contributed by atoms with Crippen LogP contribution in [0.15, 0.2) is 88.0 Å². The van der Waals surface area contributed by atoms with Gasteiger partial charge < -0.3 is 29.1 Å². The molecule has 1 aromatic carbocycles. The van der Waals surface area contributed by atoms with E-state index in [2.05, 4.69) is 0 Å². The molecule has 1 unspecified atom stereocenters. The minimum absolute atomic E-state index is 0.0113. The molecule has 0 spiro atoms. The van der Waals surface area contributed by atoms with Gasteiger partial charge in [0.1, 0.15) is 18.8 Å². The predicted molar refractivity (Wildman–Crippen MR) is 216 cm³/mol. The first-order chi connectivity index (χ1) is 27.7. The third-order valence-corrected chi connectivity index (χ3v) is 12.3. The fourth-order valence-corrected chi connectivity index (χ4v) is 8.48. The molecule has 3 heterocycles. The summed E-state index contributed by atoms with van der Waals surface area (Å²) in [5.74, 6) is -2.15. The van der Waals surface area contributed by atoms with E-state index < -0.39 is 59.3 Å². The van der Waals surface area contributed by atoms with Gasteiger partial charge in [-0.3, -0.25) is 13.7 Å². The largest absolute Gasteiger partial charge is 0.492 e. The first-order valence-corrected chi connectivity index (χ1v) is 23.0. The maximum Gasteiger partial charge on any atom is 0.335 e. The Bertz CT molecular complexity index is 2590. The molecule has 59 heavy (non-hydrogen) atoms. The lowest BCUT2D eigenvalue weighted by Gasteiger charge is -2.30. The number of fused-ring (bicyclic) bond motifs is 2. The molecule has 5 rings (SSSR count). The maximum absolute atomic E-state index is 12.3. The molecule has 0 amide bonds. The minimum atomic E-state index is -4.64. The van der Waals surface area contributed by atoms with Gasteiger partial charge in [-0.15, -0.1) is 4.73 Å². The predicted octanol–water partition coefficient (Wildman–Crippen LogP) is 3.32. The first-order valence-electron chi connectivity index (χ1n) is 18.4. The van der Waals surface area contributed by atoms with Crippen molar-refractivity contribution in [1.82, 2.24) is 9.31 Å². The lowest BCUT2D eigenvalue weighted by atomic mass is 9.77. The van der Waals surface area contributed by atoms with Crippen LogP contribution in [-0.4, -0.2) is 104 Å². The third kappa shape index (κ3) is 11.6. The van der Waals surface area contributed by atoms with E-state index in [0.717, 1.165) is 28.6 Å². The number of allylic oxidation sites excluding steroid dienone is 3. The summed E-state index contributed by atoms with van der Waals surface area (Å²) in [4.78, 5) is 18.7. The molecule has 0 saturated carbocycles. The Labute approximate surface area is 341 Å². The van der Waals surface area contributed by atoms with Crippen molar-refractivity contribution in [2.75, 3.05) is 49.3 Å². The Kier molecular flexibility index (Phi) is 14.1. The highest BCUT2D eigenvalue weighted by atomic mass is 32.2. The Hall–Kier alpha value is -5.03. The van der Waals surface area contributed by atoms with Crippen molar-refractivity contribution in [3.8, 4) is 23.1 Å². The Morgan fingerprint density at radius 1 is 0.898 bits per heavy atom. The van der Waals surface area contributed by atoms with E-state index in [0.29, 0.717) is 40.5 Å². The number of carbonyl (C=O) groups excluding carboxylic acids is 1. The van der Waals surface area contributed by atoms with E-state index in [9.17, 15) is 49.4 Å². The highest BCUT2D eigenvalue weighted by Crippen LogP contribution is 2.51. The number of anilines is 1. The van der Waals surface area contributed by atoms with Gasteiger partial charge in [0.2, 0.25) is 17.1 Å². The van der Waals surface area contributed by atoms with Crippen molar-refractivity contribution < 1.29 is 67.9 Å². The van der Waals surface area contributed by atoms with Crippen LogP contribution in [0.25, 0.3) is 17.4 Å². The zero-order chi connectivity index (χ0) is 43.2. The monoisotopic (exact) mass is 880 g/mol. The standard InChI is InChI=1S/C38H45N3O15S3/c1-3-39(18-6-24-58(48,49)50)28-9-11-30-27(15-21-55-33(30)25-28)7-4-8-34-38(2,17-5-23-57(45,46)47)31-26-29(59(51,52)53)10-12-32(31)40(34)19-22-54-20-16-37(44)56-41-35(42)13-14-36(41)43/h4,7-15,21,25-26H,3,5-6,16-20,22-24H2,1-2H3,(H4-,42,43,45,46,47,48,49,50,51,52,53)/p+1. The fourth-order valence-electron chi connectivity index (χ4n) is 6.97. The molecule has 1 aliphatic carbocycles. The lowest BCUT2D eigenvalue weighted by Crippen LogP contribution is -2.31. The summed E-state index contributed by atoms with van der Waals surface area (Å²) in [5, 5.41) is 20.2. The van der Waals surface area contributed by atoms with Gasteiger partial charge in [-0.05, 0) is 74.2 Å². The highest BCUT2D eigenvalue weighted by Gasteiger charge is 2.43. The van der Waals surface area contributed by atoms with Gasteiger partial charge >= 0.3 is 5.97 Å². The summed E-state index contributed by atoms with van der Waals surface area (Å²) in [6, 6.07) is 13.7. The molecule has 2 aromatic rings. The average Bonchev–Trinajstić information content (AvgIpc) is 3.58. The number of carbonyl (C=O) groups is 1. The van der Waals surface area contributed by atoms with Gasteiger partial charge in [-0.1, -0.05) is 12.2 Å². The summed E-state index contributed by atoms with van der Waals surface area (Å²) in [6.45, 7) is 4.75. The van der Waals surface area contributed by atoms with Crippen molar-refractivity contribution in [1.29, 1.82) is 0 Å². The number of aromatic nitrogens is 1. The average molecular weight is 881 g/mol. The molecule has 0 saturated heterocycles. The Morgan fingerprint density at radius 2 is 1.59 bits per heavy atom. The van der Waals surface area contributed by atoms with E-state index in [1.54, 1.807) is 25.1 Å². The van der Waals surface area contributed by atoms with Gasteiger partial charge in [0.05, 0.1) is 48.4 Å². The molecule has 0 fully saturated rings. The van der Waals surface area contributed by atoms with Crippen LogP contribution < -0.4 is 19.7 Å². The summed E-state index contributed by atoms with van der Waals surface area (Å²) in [6.07, 6.45) is 6.98. The quantitative estimate of drug-likeness (QED) is 0.0514. The molecular weight excluding hydrogens is 835 g/mol. The third-order valence-electron chi connectivity index (χ3n) is 9.81. The molecule has 21 heteroatoms. The second-order valence-corrected chi connectivity index (χ2v) is 18.4. The Balaban J connectivity index is 1.46. The number of nitrogens with zero attached hydrogens (tertiary/aromatic N) is 3. The Morgan fingerprint density at radius 3 is 2.25 bits per heavy atom. The van der Waals surface area contributed by atoms with Crippen LogP contribution in [-0.2, 0) is 45.3 Å². The van der Waals surface area contributed by atoms with Crippen LogP contribution in [0.2, 0.25) is 0 Å².